The molecule has 0 radical (unpaired) electrons. The second-order valence-corrected chi connectivity index (χ2v) is 9.34. The molecule has 5 aromatic carbocycles. The minimum Gasteiger partial charge on any atom is -0.454 e. The van der Waals surface area contributed by atoms with Gasteiger partial charge in [0.05, 0.1) is 34.4 Å². The van der Waals surface area contributed by atoms with Crippen LogP contribution in [0.5, 0.6) is 0 Å². The first-order valence-electron chi connectivity index (χ1n) is 12.4. The summed E-state index contributed by atoms with van der Waals surface area (Å²) in [6.45, 7) is 0. The Morgan fingerprint density at radius 3 is 2.45 bits per heavy atom. The quantitative estimate of drug-likeness (QED) is 0.202. The summed E-state index contributed by atoms with van der Waals surface area (Å²) in [6, 6.07) is 37.8. The van der Waals surface area contributed by atoms with Crippen LogP contribution in [0.1, 0.15) is 22.7 Å². The fraction of sp³-hybridized carbons (Fsp3) is 0.0303. The zero-order valence-corrected chi connectivity index (χ0v) is 20.4. The van der Waals surface area contributed by atoms with Crippen LogP contribution in [0.2, 0.25) is 0 Å². The van der Waals surface area contributed by atoms with Crippen LogP contribution < -0.4 is 5.73 Å². The van der Waals surface area contributed by atoms with Gasteiger partial charge in [0.15, 0.2) is 5.58 Å². The number of nitrogens with zero attached hydrogens (tertiary/aromatic N) is 3. The highest BCUT2D eigenvalue weighted by Gasteiger charge is 2.18. The summed E-state index contributed by atoms with van der Waals surface area (Å²) in [4.78, 5) is 4.95. The zero-order valence-electron chi connectivity index (χ0n) is 20.4. The third kappa shape index (κ3) is 3.40. The molecule has 0 aliphatic rings. The van der Waals surface area contributed by atoms with E-state index in [2.05, 4.69) is 47.0 Å². The summed E-state index contributed by atoms with van der Waals surface area (Å²) >= 11 is 0. The normalized spacial score (nSPS) is 12.6. The molecule has 0 fully saturated rings. The number of rotatable bonds is 4. The molecular formula is C33H22N4O. The van der Waals surface area contributed by atoms with Crippen molar-refractivity contribution in [3.05, 3.63) is 126 Å². The molecule has 2 N–H and O–H groups in total. The van der Waals surface area contributed by atoms with Gasteiger partial charge in [0.2, 0.25) is 0 Å². The van der Waals surface area contributed by atoms with Crippen LogP contribution in [0.3, 0.4) is 0 Å². The second kappa shape index (κ2) is 8.74. The van der Waals surface area contributed by atoms with E-state index in [4.69, 9.17) is 15.1 Å². The Kier molecular flexibility index (Phi) is 5.07. The first-order valence-corrected chi connectivity index (χ1v) is 12.4. The molecule has 0 saturated heterocycles. The molecule has 0 aliphatic carbocycles. The maximum absolute atomic E-state index is 9.33. The molecule has 0 bridgehead atoms. The number of benzene rings is 5. The van der Waals surface area contributed by atoms with E-state index in [1.54, 1.807) is 6.07 Å². The topological polar surface area (TPSA) is 80.2 Å². The van der Waals surface area contributed by atoms with Crippen molar-refractivity contribution >= 4 is 55.8 Å². The van der Waals surface area contributed by atoms with Crippen LogP contribution >= 0.6 is 0 Å². The molecule has 5 heteroatoms. The maximum Gasteiger partial charge on any atom is 0.160 e. The van der Waals surface area contributed by atoms with Gasteiger partial charge in [0.1, 0.15) is 11.9 Å². The van der Waals surface area contributed by atoms with E-state index in [9.17, 15) is 5.26 Å². The van der Waals surface area contributed by atoms with Crippen molar-refractivity contribution in [2.45, 2.75) is 6.04 Å². The van der Waals surface area contributed by atoms with E-state index in [1.807, 2.05) is 73.1 Å². The van der Waals surface area contributed by atoms with Crippen LogP contribution in [0.4, 0.5) is 5.69 Å². The molecular weight excluding hydrogens is 468 g/mol. The Morgan fingerprint density at radius 1 is 0.789 bits per heavy atom. The molecule has 7 rings (SSSR count). The fourth-order valence-corrected chi connectivity index (χ4v) is 5.35. The van der Waals surface area contributed by atoms with Crippen molar-refractivity contribution < 1.29 is 4.42 Å². The highest BCUT2D eigenvalue weighted by atomic mass is 16.3. The SMILES string of the molecule is N#Cc1cccc(C(N)c2ccccc2/N=C/n2c3ccccc3c3ccc4c5ccccc5oc4c32)c1. The number of furan rings is 1. The highest BCUT2D eigenvalue weighted by Crippen LogP contribution is 2.38. The van der Waals surface area contributed by atoms with E-state index in [0.29, 0.717) is 5.56 Å². The minimum absolute atomic E-state index is 0.420. The molecule has 2 heterocycles. The summed E-state index contributed by atoms with van der Waals surface area (Å²) in [5.74, 6) is 0. The summed E-state index contributed by atoms with van der Waals surface area (Å²) in [6.07, 6.45) is 1.86. The van der Waals surface area contributed by atoms with Gasteiger partial charge in [-0.2, -0.15) is 5.26 Å². The Morgan fingerprint density at radius 2 is 1.55 bits per heavy atom. The number of hydrogen-bond acceptors (Lipinski definition) is 4. The number of hydrogen-bond donors (Lipinski definition) is 1. The van der Waals surface area contributed by atoms with E-state index < -0.39 is 6.04 Å². The number of fused-ring (bicyclic) bond motifs is 7. The van der Waals surface area contributed by atoms with Crippen molar-refractivity contribution in [3.8, 4) is 6.07 Å². The number of para-hydroxylation sites is 3. The first kappa shape index (κ1) is 22.1. The van der Waals surface area contributed by atoms with Gasteiger partial charge >= 0.3 is 0 Å². The van der Waals surface area contributed by atoms with E-state index >= 15 is 0 Å². The standard InChI is InChI=1S/C33H22N4O/c34-19-21-8-7-9-22(18-21)31(35)27-12-1-4-13-28(27)36-20-37-29-14-5-2-10-23(29)25-16-17-26-24-11-3-6-15-30(24)38-33(26)32(25)37/h1-18,20,31H,35H2/b36-20+. The van der Waals surface area contributed by atoms with Crippen LogP contribution in [0.15, 0.2) is 119 Å². The van der Waals surface area contributed by atoms with Gasteiger partial charge in [-0.3, -0.25) is 4.57 Å². The van der Waals surface area contributed by atoms with Gasteiger partial charge in [-0.05, 0) is 47.5 Å². The molecule has 0 saturated carbocycles. The van der Waals surface area contributed by atoms with Gasteiger partial charge in [-0.25, -0.2) is 4.99 Å². The van der Waals surface area contributed by atoms with Crippen molar-refractivity contribution in [1.82, 2.24) is 4.57 Å². The summed E-state index contributed by atoms with van der Waals surface area (Å²) in [5.41, 5.74) is 13.5. The Balaban J connectivity index is 1.43. The maximum atomic E-state index is 9.33. The predicted molar refractivity (Wildman–Crippen MR) is 154 cm³/mol. The third-order valence-electron chi connectivity index (χ3n) is 7.17. The monoisotopic (exact) mass is 490 g/mol. The van der Waals surface area contributed by atoms with Crippen molar-refractivity contribution in [1.29, 1.82) is 5.26 Å². The largest absolute Gasteiger partial charge is 0.454 e. The second-order valence-electron chi connectivity index (χ2n) is 9.34. The fourth-order valence-electron chi connectivity index (χ4n) is 5.35. The molecule has 2 aromatic heterocycles. The van der Waals surface area contributed by atoms with Crippen LogP contribution in [0, 0.1) is 11.3 Å². The Hall–Kier alpha value is -5.18. The van der Waals surface area contributed by atoms with Crippen LogP contribution in [-0.4, -0.2) is 10.9 Å². The van der Waals surface area contributed by atoms with E-state index in [-0.39, 0.29) is 0 Å². The van der Waals surface area contributed by atoms with Crippen LogP contribution in [-0.2, 0) is 0 Å². The van der Waals surface area contributed by atoms with Gasteiger partial charge < -0.3 is 10.2 Å². The molecule has 0 amide bonds. The number of nitriles is 1. The molecule has 180 valence electrons. The molecule has 7 aromatic rings. The van der Waals surface area contributed by atoms with Gasteiger partial charge in [0.25, 0.3) is 0 Å². The zero-order chi connectivity index (χ0) is 25.6. The molecule has 5 nitrogen and oxygen atoms in total. The third-order valence-corrected chi connectivity index (χ3v) is 7.17. The Bertz CT molecular complexity index is 2070. The van der Waals surface area contributed by atoms with Gasteiger partial charge in [0, 0.05) is 21.5 Å². The summed E-state index contributed by atoms with van der Waals surface area (Å²) < 4.78 is 8.51. The van der Waals surface area contributed by atoms with Crippen molar-refractivity contribution in [2.75, 3.05) is 0 Å². The molecule has 1 atom stereocenters. The lowest BCUT2D eigenvalue weighted by molar-refractivity contribution is 0.671. The average molecular weight is 491 g/mol. The summed E-state index contributed by atoms with van der Waals surface area (Å²) in [5, 5.41) is 13.7. The van der Waals surface area contributed by atoms with Crippen molar-refractivity contribution in [3.63, 3.8) is 0 Å². The van der Waals surface area contributed by atoms with E-state index in [0.717, 1.165) is 60.6 Å². The number of nitrogens with two attached hydrogens (primary N) is 1. The lowest BCUT2D eigenvalue weighted by atomic mass is 9.97. The van der Waals surface area contributed by atoms with Crippen LogP contribution in [0.25, 0.3) is 43.7 Å². The molecule has 0 aliphatic heterocycles. The smallest absolute Gasteiger partial charge is 0.160 e. The average Bonchev–Trinajstić information content (AvgIpc) is 3.51. The number of aliphatic imine (C=N–C) groups is 1. The van der Waals surface area contributed by atoms with Crippen molar-refractivity contribution in [2.24, 2.45) is 10.7 Å². The van der Waals surface area contributed by atoms with Gasteiger partial charge in [-0.15, -0.1) is 0 Å². The molecule has 1 unspecified atom stereocenters. The molecule has 38 heavy (non-hydrogen) atoms. The lowest BCUT2D eigenvalue weighted by Gasteiger charge is -2.15. The molecule has 0 spiro atoms. The summed E-state index contributed by atoms with van der Waals surface area (Å²) in [7, 11) is 0. The highest BCUT2D eigenvalue weighted by molar-refractivity contribution is 6.22. The Labute approximate surface area is 218 Å². The first-order chi connectivity index (χ1) is 18.7. The van der Waals surface area contributed by atoms with E-state index in [1.165, 1.54) is 0 Å². The minimum atomic E-state index is -0.420. The number of aromatic nitrogens is 1. The predicted octanol–water partition coefficient (Wildman–Crippen LogP) is 7.82. The van der Waals surface area contributed by atoms with Gasteiger partial charge in [-0.1, -0.05) is 72.8 Å². The lowest BCUT2D eigenvalue weighted by Crippen LogP contribution is -2.12.